The maximum absolute atomic E-state index is 12.4. The molecule has 0 radical (unpaired) electrons. The van der Waals surface area contributed by atoms with Gasteiger partial charge in [-0.3, -0.25) is 4.79 Å². The van der Waals surface area contributed by atoms with Crippen molar-refractivity contribution in [1.29, 1.82) is 0 Å². The van der Waals surface area contributed by atoms with E-state index in [0.717, 1.165) is 22.4 Å². The number of nitrogens with one attached hydrogen (secondary N) is 1. The normalized spacial score (nSPS) is 10.8. The second kappa shape index (κ2) is 13.5. The molecule has 1 N–H and O–H groups in total. The molecule has 8 heteroatoms. The Bertz CT molecular complexity index is 1270. The van der Waals surface area contributed by atoms with Gasteiger partial charge in [-0.15, -0.1) is 0 Å². The van der Waals surface area contributed by atoms with Crippen molar-refractivity contribution in [1.82, 2.24) is 20.1 Å². The minimum Gasteiger partial charge on any atom is -0.490 e. The van der Waals surface area contributed by atoms with Crippen molar-refractivity contribution in [2.24, 2.45) is 0 Å². The lowest BCUT2D eigenvalue weighted by atomic mass is 10.1. The smallest absolute Gasteiger partial charge is 0.244 e. The lowest BCUT2D eigenvalue weighted by molar-refractivity contribution is -0.116. The summed E-state index contributed by atoms with van der Waals surface area (Å²) >= 11 is 0. The molecule has 4 aromatic rings. The third kappa shape index (κ3) is 8.24. The quantitative estimate of drug-likeness (QED) is 0.216. The fourth-order valence-electron chi connectivity index (χ4n) is 3.53. The average Bonchev–Trinajstić information content (AvgIpc) is 3.44. The number of aromatic nitrogens is 3. The van der Waals surface area contributed by atoms with E-state index >= 15 is 0 Å². The molecule has 1 heterocycles. The van der Waals surface area contributed by atoms with Crippen molar-refractivity contribution < 1.29 is 19.0 Å². The topological polar surface area (TPSA) is 87.5 Å². The summed E-state index contributed by atoms with van der Waals surface area (Å²) in [5, 5.41) is 7.02. The third-order valence-corrected chi connectivity index (χ3v) is 5.35. The Morgan fingerprint density at radius 1 is 0.919 bits per heavy atom. The predicted molar refractivity (Wildman–Crippen MR) is 141 cm³/mol. The van der Waals surface area contributed by atoms with Crippen LogP contribution in [0.5, 0.6) is 17.2 Å². The summed E-state index contributed by atoms with van der Waals surface area (Å²) in [5.74, 6) is 1.88. The number of rotatable bonds is 13. The summed E-state index contributed by atoms with van der Waals surface area (Å²) in [4.78, 5) is 16.3. The zero-order valence-electron chi connectivity index (χ0n) is 20.7. The molecular formula is C29H30N4O4. The van der Waals surface area contributed by atoms with Crippen molar-refractivity contribution in [2.75, 3.05) is 19.8 Å². The fourth-order valence-corrected chi connectivity index (χ4v) is 3.53. The summed E-state index contributed by atoms with van der Waals surface area (Å²) in [6, 6.07) is 23.2. The van der Waals surface area contributed by atoms with Gasteiger partial charge in [0.15, 0.2) is 11.5 Å². The zero-order valence-corrected chi connectivity index (χ0v) is 20.7. The molecule has 0 unspecified atom stereocenters. The van der Waals surface area contributed by atoms with Gasteiger partial charge in [0, 0.05) is 12.6 Å². The molecule has 0 fully saturated rings. The molecule has 3 aromatic carbocycles. The van der Waals surface area contributed by atoms with Crippen LogP contribution in [-0.4, -0.2) is 40.5 Å². The van der Waals surface area contributed by atoms with E-state index in [0.29, 0.717) is 44.4 Å². The van der Waals surface area contributed by atoms with Gasteiger partial charge >= 0.3 is 0 Å². The van der Waals surface area contributed by atoms with Gasteiger partial charge in [0.2, 0.25) is 5.91 Å². The van der Waals surface area contributed by atoms with Gasteiger partial charge in [-0.05, 0) is 54.0 Å². The van der Waals surface area contributed by atoms with E-state index in [1.165, 1.54) is 12.4 Å². The van der Waals surface area contributed by atoms with Crippen LogP contribution in [0.3, 0.4) is 0 Å². The SMILES string of the molecule is CCOc1cc(/C=C/C(=O)NCc2ccc(Cn3cncn3)cc2)ccc1OCCOc1ccccc1. The molecule has 0 aliphatic rings. The first-order valence-corrected chi connectivity index (χ1v) is 12.1. The van der Waals surface area contributed by atoms with E-state index in [4.69, 9.17) is 14.2 Å². The van der Waals surface area contributed by atoms with Gasteiger partial charge in [-0.25, -0.2) is 9.67 Å². The van der Waals surface area contributed by atoms with E-state index in [9.17, 15) is 4.79 Å². The second-order valence-electron chi connectivity index (χ2n) is 8.11. The fraction of sp³-hybridized carbons (Fsp3) is 0.207. The Morgan fingerprint density at radius 3 is 2.46 bits per heavy atom. The van der Waals surface area contributed by atoms with E-state index in [2.05, 4.69) is 15.4 Å². The molecular weight excluding hydrogens is 468 g/mol. The summed E-state index contributed by atoms with van der Waals surface area (Å²) in [7, 11) is 0. The summed E-state index contributed by atoms with van der Waals surface area (Å²) in [6.07, 6.45) is 6.46. The number of ether oxygens (including phenoxy) is 3. The number of carbonyl (C=O) groups excluding carboxylic acids is 1. The average molecular weight is 499 g/mol. The van der Waals surface area contributed by atoms with E-state index in [1.807, 2.05) is 79.7 Å². The van der Waals surface area contributed by atoms with Crippen LogP contribution in [0.1, 0.15) is 23.6 Å². The molecule has 0 aliphatic heterocycles. The maximum atomic E-state index is 12.4. The number of carbonyl (C=O) groups is 1. The summed E-state index contributed by atoms with van der Waals surface area (Å²) in [6.45, 7) is 4.32. The number of benzene rings is 3. The third-order valence-electron chi connectivity index (χ3n) is 5.35. The molecule has 1 amide bonds. The Kier molecular flexibility index (Phi) is 9.29. The Hall–Kier alpha value is -4.59. The highest BCUT2D eigenvalue weighted by atomic mass is 16.5. The molecule has 0 saturated heterocycles. The van der Waals surface area contributed by atoms with Crippen LogP contribution in [-0.2, 0) is 17.9 Å². The van der Waals surface area contributed by atoms with Crippen LogP contribution in [0, 0.1) is 0 Å². The van der Waals surface area contributed by atoms with Crippen molar-refractivity contribution in [3.05, 3.63) is 108 Å². The van der Waals surface area contributed by atoms with Crippen molar-refractivity contribution in [3.63, 3.8) is 0 Å². The Morgan fingerprint density at radius 2 is 1.70 bits per heavy atom. The molecule has 8 nitrogen and oxygen atoms in total. The molecule has 4 rings (SSSR count). The van der Waals surface area contributed by atoms with Gasteiger partial charge in [-0.2, -0.15) is 5.10 Å². The Labute approximate surface area is 216 Å². The number of amides is 1. The predicted octanol–water partition coefficient (Wildman–Crippen LogP) is 4.51. The summed E-state index contributed by atoms with van der Waals surface area (Å²) < 4.78 is 19.0. The summed E-state index contributed by atoms with van der Waals surface area (Å²) in [5.41, 5.74) is 2.96. The first-order chi connectivity index (χ1) is 18.2. The second-order valence-corrected chi connectivity index (χ2v) is 8.11. The van der Waals surface area contributed by atoms with Crippen LogP contribution >= 0.6 is 0 Å². The monoisotopic (exact) mass is 498 g/mol. The Balaban J connectivity index is 1.25. The molecule has 0 saturated carbocycles. The van der Waals surface area contributed by atoms with Crippen molar-refractivity contribution in [3.8, 4) is 17.2 Å². The highest BCUT2D eigenvalue weighted by molar-refractivity contribution is 5.91. The van der Waals surface area contributed by atoms with Gasteiger partial charge in [-0.1, -0.05) is 48.5 Å². The molecule has 0 aliphatic carbocycles. The standard InChI is InChI=1S/C29H30N4O4/c1-2-35-28-18-23(12-14-27(28)37-17-16-36-26-6-4-3-5-7-26)13-15-29(34)31-19-24-8-10-25(11-9-24)20-33-22-30-21-32-33/h3-15,18,21-22H,2,16-17,19-20H2,1H3,(H,31,34)/b15-13+. The van der Waals surface area contributed by atoms with Crippen molar-refractivity contribution >= 4 is 12.0 Å². The molecule has 37 heavy (non-hydrogen) atoms. The van der Waals surface area contributed by atoms with Crippen LogP contribution < -0.4 is 19.5 Å². The zero-order chi connectivity index (χ0) is 25.7. The lowest BCUT2D eigenvalue weighted by Gasteiger charge is -2.13. The van der Waals surface area contributed by atoms with Gasteiger partial charge < -0.3 is 19.5 Å². The molecule has 0 spiro atoms. The van der Waals surface area contributed by atoms with Gasteiger partial charge in [0.1, 0.15) is 31.6 Å². The van der Waals surface area contributed by atoms with E-state index in [1.54, 1.807) is 17.1 Å². The van der Waals surface area contributed by atoms with Gasteiger partial charge in [0.05, 0.1) is 13.2 Å². The first kappa shape index (κ1) is 25.5. The molecule has 0 atom stereocenters. The van der Waals surface area contributed by atoms with Crippen LogP contribution in [0.25, 0.3) is 6.08 Å². The highest BCUT2D eigenvalue weighted by Crippen LogP contribution is 2.29. The first-order valence-electron chi connectivity index (χ1n) is 12.1. The van der Waals surface area contributed by atoms with Crippen molar-refractivity contribution in [2.45, 2.75) is 20.0 Å². The number of hydrogen-bond acceptors (Lipinski definition) is 6. The van der Waals surface area contributed by atoms with Gasteiger partial charge in [0.25, 0.3) is 0 Å². The molecule has 0 bridgehead atoms. The van der Waals surface area contributed by atoms with Crippen LogP contribution in [0.4, 0.5) is 0 Å². The number of nitrogens with zero attached hydrogens (tertiary/aromatic N) is 3. The van der Waals surface area contributed by atoms with Crippen LogP contribution in [0.15, 0.2) is 91.5 Å². The van der Waals surface area contributed by atoms with E-state index < -0.39 is 0 Å². The molecule has 1 aromatic heterocycles. The minimum atomic E-state index is -0.178. The number of hydrogen-bond donors (Lipinski definition) is 1. The van der Waals surface area contributed by atoms with E-state index in [-0.39, 0.29) is 5.91 Å². The maximum Gasteiger partial charge on any atom is 0.244 e. The lowest BCUT2D eigenvalue weighted by Crippen LogP contribution is -2.20. The minimum absolute atomic E-state index is 0.178. The largest absolute Gasteiger partial charge is 0.490 e. The van der Waals surface area contributed by atoms with Crippen LogP contribution in [0.2, 0.25) is 0 Å². The number of para-hydroxylation sites is 1. The molecule has 190 valence electrons. The highest BCUT2D eigenvalue weighted by Gasteiger charge is 2.07.